The van der Waals surface area contributed by atoms with Gasteiger partial charge in [-0.15, -0.1) is 0 Å². The maximum atomic E-state index is 15.1. The largest absolute Gasteiger partial charge is 0.382 e. The van der Waals surface area contributed by atoms with Crippen molar-refractivity contribution in [3.05, 3.63) is 81.0 Å². The van der Waals surface area contributed by atoms with E-state index in [1.165, 1.54) is 6.07 Å². The summed E-state index contributed by atoms with van der Waals surface area (Å²) in [6, 6.07) is 10.7. The minimum atomic E-state index is -0.443. The molecule has 1 saturated carbocycles. The van der Waals surface area contributed by atoms with Gasteiger partial charge in [0.05, 0.1) is 5.39 Å². The second-order valence-electron chi connectivity index (χ2n) is 9.36. The Bertz CT molecular complexity index is 1500. The second kappa shape index (κ2) is 9.02. The van der Waals surface area contributed by atoms with E-state index in [4.69, 9.17) is 5.73 Å². The Morgan fingerprint density at radius 2 is 1.97 bits per heavy atom. The number of hydrogen-bond acceptors (Lipinski definition) is 4. The summed E-state index contributed by atoms with van der Waals surface area (Å²) in [4.78, 5) is 25.3. The summed E-state index contributed by atoms with van der Waals surface area (Å²) < 4.78 is 17.1. The number of carbonyl (C=O) groups is 1. The smallest absolute Gasteiger partial charge is 0.288 e. The van der Waals surface area contributed by atoms with E-state index >= 15 is 4.39 Å². The van der Waals surface area contributed by atoms with Gasteiger partial charge in [0.1, 0.15) is 11.3 Å². The first kappa shape index (κ1) is 22.8. The first-order valence-electron chi connectivity index (χ1n) is 11.9. The van der Waals surface area contributed by atoms with Crippen molar-refractivity contribution in [2.75, 3.05) is 5.73 Å². The van der Waals surface area contributed by atoms with Gasteiger partial charge in [-0.3, -0.25) is 9.59 Å². The Morgan fingerprint density at radius 1 is 1.20 bits per heavy atom. The minimum Gasteiger partial charge on any atom is -0.382 e. The van der Waals surface area contributed by atoms with Gasteiger partial charge in [-0.05, 0) is 49.9 Å². The van der Waals surface area contributed by atoms with Gasteiger partial charge in [0, 0.05) is 35.5 Å². The number of fused-ring (bicyclic) bond motifs is 1. The van der Waals surface area contributed by atoms with Crippen molar-refractivity contribution in [3.8, 4) is 11.1 Å². The molecule has 0 spiro atoms. The molecular formula is C27H28FN5O2. The summed E-state index contributed by atoms with van der Waals surface area (Å²) in [6.07, 6.45) is 6.08. The maximum Gasteiger partial charge on any atom is 0.288 e. The van der Waals surface area contributed by atoms with Crippen LogP contribution in [-0.4, -0.2) is 20.7 Å². The molecule has 1 amide bonds. The molecular weight excluding hydrogens is 445 g/mol. The van der Waals surface area contributed by atoms with Crippen LogP contribution >= 0.6 is 0 Å². The van der Waals surface area contributed by atoms with E-state index in [-0.39, 0.29) is 29.9 Å². The highest BCUT2D eigenvalue weighted by Gasteiger charge is 2.24. The molecule has 0 aliphatic heterocycles. The van der Waals surface area contributed by atoms with Crippen LogP contribution in [-0.2, 0) is 6.54 Å². The van der Waals surface area contributed by atoms with Gasteiger partial charge in [-0.25, -0.2) is 9.49 Å². The molecule has 0 saturated heterocycles. The van der Waals surface area contributed by atoms with Crippen molar-refractivity contribution in [3.63, 3.8) is 0 Å². The Morgan fingerprint density at radius 3 is 2.71 bits per heavy atom. The molecule has 0 bridgehead atoms. The van der Waals surface area contributed by atoms with E-state index in [1.54, 1.807) is 12.1 Å². The van der Waals surface area contributed by atoms with E-state index in [1.807, 2.05) is 42.8 Å². The number of aromatic nitrogens is 3. The van der Waals surface area contributed by atoms with Gasteiger partial charge in [0.2, 0.25) is 0 Å². The number of aromatic amines is 1. The molecule has 0 radical (unpaired) electrons. The predicted molar refractivity (Wildman–Crippen MR) is 135 cm³/mol. The number of aryl methyl sites for hydroxylation is 2. The van der Waals surface area contributed by atoms with Crippen LogP contribution < -0.4 is 16.6 Å². The molecule has 0 atom stereocenters. The van der Waals surface area contributed by atoms with Crippen LogP contribution in [0.15, 0.2) is 47.4 Å². The average Bonchev–Trinajstić information content (AvgIpc) is 3.51. The van der Waals surface area contributed by atoms with Crippen molar-refractivity contribution in [1.82, 2.24) is 20.1 Å². The highest BCUT2D eigenvalue weighted by molar-refractivity contribution is 6.02. The van der Waals surface area contributed by atoms with E-state index in [2.05, 4.69) is 15.5 Å². The summed E-state index contributed by atoms with van der Waals surface area (Å²) in [5.41, 5.74) is 10.4. The molecule has 2 heterocycles. The average molecular weight is 474 g/mol. The molecule has 5 rings (SSSR count). The molecule has 180 valence electrons. The van der Waals surface area contributed by atoms with Crippen LogP contribution in [0.2, 0.25) is 0 Å². The number of benzene rings is 2. The summed E-state index contributed by atoms with van der Waals surface area (Å²) in [5.74, 6) is -0.481. The third-order valence-corrected chi connectivity index (χ3v) is 6.94. The van der Waals surface area contributed by atoms with Gasteiger partial charge in [-0.1, -0.05) is 42.7 Å². The van der Waals surface area contributed by atoms with Crippen LogP contribution in [0.1, 0.15) is 58.8 Å². The lowest BCUT2D eigenvalue weighted by Crippen LogP contribution is -2.24. The number of rotatable bonds is 5. The van der Waals surface area contributed by atoms with Crippen LogP contribution in [0.4, 0.5) is 10.2 Å². The third-order valence-electron chi connectivity index (χ3n) is 6.94. The molecule has 1 aliphatic carbocycles. The van der Waals surface area contributed by atoms with Gasteiger partial charge < -0.3 is 15.6 Å². The highest BCUT2D eigenvalue weighted by atomic mass is 19.1. The monoisotopic (exact) mass is 473 g/mol. The number of nitrogens with zero attached hydrogens (tertiary/aromatic N) is 2. The molecule has 4 aromatic rings. The van der Waals surface area contributed by atoms with Crippen LogP contribution in [0.5, 0.6) is 0 Å². The molecule has 0 unspecified atom stereocenters. The third kappa shape index (κ3) is 4.20. The lowest BCUT2D eigenvalue weighted by molar-refractivity contribution is 0.0950. The first-order chi connectivity index (χ1) is 16.8. The van der Waals surface area contributed by atoms with Crippen molar-refractivity contribution >= 4 is 22.6 Å². The first-order valence-corrected chi connectivity index (χ1v) is 11.9. The molecule has 8 heteroatoms. The number of halogens is 1. The molecule has 2 aromatic heterocycles. The van der Waals surface area contributed by atoms with Crippen molar-refractivity contribution in [2.45, 2.75) is 52.1 Å². The van der Waals surface area contributed by atoms with Crippen molar-refractivity contribution in [2.24, 2.45) is 0 Å². The fourth-order valence-electron chi connectivity index (χ4n) is 5.03. The summed E-state index contributed by atoms with van der Waals surface area (Å²) >= 11 is 0. The lowest BCUT2D eigenvalue weighted by Gasteiger charge is -2.12. The van der Waals surface area contributed by atoms with E-state index in [9.17, 15) is 9.59 Å². The zero-order valence-corrected chi connectivity index (χ0v) is 19.8. The number of amides is 1. The van der Waals surface area contributed by atoms with Crippen molar-refractivity contribution in [1.29, 1.82) is 0 Å². The number of carbonyl (C=O) groups excluding carboxylic acids is 1. The zero-order valence-electron chi connectivity index (χ0n) is 19.8. The topological polar surface area (TPSA) is 106 Å². The summed E-state index contributed by atoms with van der Waals surface area (Å²) in [6.45, 7) is 3.86. The molecule has 2 aromatic carbocycles. The molecule has 7 nitrogen and oxygen atoms in total. The number of H-pyrrole nitrogens is 1. The molecule has 4 N–H and O–H groups in total. The Kier molecular flexibility index (Phi) is 5.88. The predicted octanol–water partition coefficient (Wildman–Crippen LogP) is 4.77. The van der Waals surface area contributed by atoms with Crippen molar-refractivity contribution < 1.29 is 9.18 Å². The minimum absolute atomic E-state index is 0.0610. The standard InChI is InChI=1S/C27H28FN5O2/c1-15-7-8-16(2)20(11-15)26(34)30-13-18-10-9-17(12-22(18)28)21-14-33(19-5-3-4-6-19)24-23(21)25(29)31-32-27(24)35/h7-12,14,19H,3-6,13H2,1-2H3,(H2,29,31)(H,30,34)(H,32,35). The number of hydrogen-bond donors (Lipinski definition) is 3. The van der Waals surface area contributed by atoms with Gasteiger partial charge in [0.15, 0.2) is 5.82 Å². The van der Waals surface area contributed by atoms with Gasteiger partial charge in [-0.2, -0.15) is 5.10 Å². The quantitative estimate of drug-likeness (QED) is 0.388. The van der Waals surface area contributed by atoms with Crippen LogP contribution in [0.3, 0.4) is 0 Å². The SMILES string of the molecule is Cc1ccc(C)c(C(=O)NCc2ccc(-c3cn(C4CCCC4)c4c(=O)[nH]nc(N)c34)cc2F)c1. The Balaban J connectivity index is 1.46. The zero-order chi connectivity index (χ0) is 24.7. The fraction of sp³-hybridized carbons (Fsp3) is 0.296. The second-order valence-corrected chi connectivity index (χ2v) is 9.36. The number of nitrogens with one attached hydrogen (secondary N) is 2. The Labute approximate surface area is 202 Å². The Hall–Kier alpha value is -3.94. The van der Waals surface area contributed by atoms with Gasteiger partial charge in [0.25, 0.3) is 11.5 Å². The summed E-state index contributed by atoms with van der Waals surface area (Å²) in [7, 11) is 0. The number of nitrogens with two attached hydrogens (primary N) is 1. The lowest BCUT2D eigenvalue weighted by atomic mass is 10.0. The van der Waals surface area contributed by atoms with Crippen LogP contribution in [0.25, 0.3) is 22.0 Å². The van der Waals surface area contributed by atoms with Gasteiger partial charge >= 0.3 is 0 Å². The van der Waals surface area contributed by atoms with Crippen LogP contribution in [0, 0.1) is 19.7 Å². The van der Waals surface area contributed by atoms with E-state index in [0.29, 0.717) is 33.2 Å². The number of nitrogen functional groups attached to an aromatic ring is 1. The van der Waals surface area contributed by atoms with E-state index < -0.39 is 5.82 Å². The normalized spacial score (nSPS) is 14.0. The van der Waals surface area contributed by atoms with E-state index in [0.717, 1.165) is 36.8 Å². The highest BCUT2D eigenvalue weighted by Crippen LogP contribution is 2.38. The summed E-state index contributed by atoms with van der Waals surface area (Å²) in [5, 5.41) is 9.77. The maximum absolute atomic E-state index is 15.1. The molecule has 35 heavy (non-hydrogen) atoms. The molecule has 1 fully saturated rings. The number of anilines is 1. The fourth-order valence-corrected chi connectivity index (χ4v) is 5.03. The molecule has 1 aliphatic rings.